The van der Waals surface area contributed by atoms with E-state index >= 15 is 0 Å². The van der Waals surface area contributed by atoms with Gasteiger partial charge in [-0.15, -0.1) is 0 Å². The average Bonchev–Trinajstić information content (AvgIpc) is 2.39. The number of benzene rings is 1. The highest BCUT2D eigenvalue weighted by molar-refractivity contribution is 9.09. The second-order valence-corrected chi connectivity index (χ2v) is 6.63. The molecule has 1 aromatic carbocycles. The molecule has 0 bridgehead atoms. The Labute approximate surface area is 131 Å². The Bertz CT molecular complexity index is 519. The molecule has 1 aliphatic rings. The van der Waals surface area contributed by atoms with Gasteiger partial charge < -0.3 is 4.74 Å². The summed E-state index contributed by atoms with van der Waals surface area (Å²) in [6, 6.07) is 4.53. The fourth-order valence-electron chi connectivity index (χ4n) is 2.89. The molecular formula is C14H17BrClNO3. The van der Waals surface area contributed by atoms with E-state index in [9.17, 15) is 10.1 Å². The number of alkyl halides is 1. The standard InChI is InChI=1S/C14H17BrClNO3/c1-3-14(4-2)12(15)8-13(14)20-9-5-6-11(17(18)19)10(16)7-9/h5-7,12-13H,3-4,8H2,1-2H3. The number of rotatable bonds is 5. The Balaban J connectivity index is 2.15. The number of ether oxygens (including phenoxy) is 1. The smallest absolute Gasteiger partial charge is 0.288 e. The lowest BCUT2D eigenvalue weighted by molar-refractivity contribution is -0.384. The van der Waals surface area contributed by atoms with E-state index in [0.717, 1.165) is 19.3 Å². The molecule has 20 heavy (non-hydrogen) atoms. The van der Waals surface area contributed by atoms with E-state index in [1.54, 1.807) is 6.07 Å². The number of nitro benzene ring substituents is 1. The van der Waals surface area contributed by atoms with Crippen LogP contribution in [0, 0.1) is 15.5 Å². The molecule has 0 heterocycles. The molecule has 1 fully saturated rings. The minimum atomic E-state index is -0.494. The zero-order chi connectivity index (χ0) is 14.9. The molecule has 0 aromatic heterocycles. The van der Waals surface area contributed by atoms with Crippen LogP contribution in [0.25, 0.3) is 0 Å². The van der Waals surface area contributed by atoms with E-state index in [1.807, 2.05) is 0 Å². The molecule has 0 radical (unpaired) electrons. The predicted molar refractivity (Wildman–Crippen MR) is 82.9 cm³/mol. The zero-order valence-electron chi connectivity index (χ0n) is 11.4. The lowest BCUT2D eigenvalue weighted by Crippen LogP contribution is -2.56. The Morgan fingerprint density at radius 1 is 1.50 bits per heavy atom. The van der Waals surface area contributed by atoms with Crippen molar-refractivity contribution in [2.24, 2.45) is 5.41 Å². The first kappa shape index (κ1) is 15.6. The summed E-state index contributed by atoms with van der Waals surface area (Å²) in [4.78, 5) is 10.7. The van der Waals surface area contributed by atoms with Crippen molar-refractivity contribution in [2.75, 3.05) is 0 Å². The SMILES string of the molecule is CCC1(CC)C(Br)CC1Oc1ccc([N+](=O)[O-])c(Cl)c1. The molecule has 0 spiro atoms. The van der Waals surface area contributed by atoms with E-state index in [1.165, 1.54) is 12.1 Å². The Hall–Kier alpha value is -0.810. The molecule has 0 aliphatic heterocycles. The highest BCUT2D eigenvalue weighted by Crippen LogP contribution is 2.52. The maximum Gasteiger partial charge on any atom is 0.288 e. The topological polar surface area (TPSA) is 52.4 Å². The quantitative estimate of drug-likeness (QED) is 0.422. The molecule has 2 atom stereocenters. The second-order valence-electron chi connectivity index (χ2n) is 5.12. The molecule has 0 amide bonds. The molecule has 110 valence electrons. The van der Waals surface area contributed by atoms with Gasteiger partial charge >= 0.3 is 0 Å². The Kier molecular flexibility index (Phi) is 4.59. The largest absolute Gasteiger partial charge is 0.490 e. The minimum Gasteiger partial charge on any atom is -0.490 e. The highest BCUT2D eigenvalue weighted by Gasteiger charge is 2.53. The summed E-state index contributed by atoms with van der Waals surface area (Å²) in [5.41, 5.74) is 0.0390. The van der Waals surface area contributed by atoms with Gasteiger partial charge in [-0.25, -0.2) is 0 Å². The molecule has 0 N–H and O–H groups in total. The summed E-state index contributed by atoms with van der Waals surface area (Å²) in [5.74, 6) is 0.594. The van der Waals surface area contributed by atoms with Gasteiger partial charge in [-0.1, -0.05) is 41.4 Å². The van der Waals surface area contributed by atoms with Crippen LogP contribution in [-0.4, -0.2) is 15.9 Å². The molecule has 6 heteroatoms. The van der Waals surface area contributed by atoms with Crippen LogP contribution in [0.1, 0.15) is 33.1 Å². The van der Waals surface area contributed by atoms with Gasteiger partial charge in [-0.2, -0.15) is 0 Å². The monoisotopic (exact) mass is 361 g/mol. The first-order chi connectivity index (χ1) is 9.44. The summed E-state index contributed by atoms with van der Waals surface area (Å²) >= 11 is 9.61. The molecule has 0 saturated heterocycles. The van der Waals surface area contributed by atoms with Crippen LogP contribution < -0.4 is 4.74 Å². The average molecular weight is 363 g/mol. The van der Waals surface area contributed by atoms with E-state index in [-0.39, 0.29) is 22.2 Å². The van der Waals surface area contributed by atoms with E-state index in [2.05, 4.69) is 29.8 Å². The van der Waals surface area contributed by atoms with Crippen molar-refractivity contribution in [1.29, 1.82) is 0 Å². The predicted octanol–water partition coefficient (Wildman–Crippen LogP) is 4.97. The normalized spacial score (nSPS) is 24.0. The minimum absolute atomic E-state index is 0.0942. The number of nitro groups is 1. The number of nitrogens with zero attached hydrogens (tertiary/aromatic N) is 1. The second kappa shape index (κ2) is 5.90. The van der Waals surface area contributed by atoms with Crippen LogP contribution >= 0.6 is 27.5 Å². The molecule has 1 aliphatic carbocycles. The van der Waals surface area contributed by atoms with Crippen LogP contribution in [0.4, 0.5) is 5.69 Å². The van der Waals surface area contributed by atoms with Crippen molar-refractivity contribution in [1.82, 2.24) is 0 Å². The fraction of sp³-hybridized carbons (Fsp3) is 0.571. The van der Waals surface area contributed by atoms with Gasteiger partial charge in [0.05, 0.1) is 4.92 Å². The Morgan fingerprint density at radius 3 is 2.60 bits per heavy atom. The molecule has 1 saturated carbocycles. The van der Waals surface area contributed by atoms with Gasteiger partial charge in [0, 0.05) is 22.4 Å². The fourth-order valence-corrected chi connectivity index (χ4v) is 4.41. The summed E-state index contributed by atoms with van der Waals surface area (Å²) < 4.78 is 6.00. The van der Waals surface area contributed by atoms with Gasteiger partial charge in [0.2, 0.25) is 0 Å². The lowest BCUT2D eigenvalue weighted by atomic mass is 9.62. The van der Waals surface area contributed by atoms with Crippen LogP contribution in [-0.2, 0) is 0 Å². The van der Waals surface area contributed by atoms with Gasteiger partial charge in [0.1, 0.15) is 16.9 Å². The van der Waals surface area contributed by atoms with Crippen molar-refractivity contribution in [3.05, 3.63) is 33.3 Å². The van der Waals surface area contributed by atoms with Crippen molar-refractivity contribution in [2.45, 2.75) is 44.0 Å². The highest BCUT2D eigenvalue weighted by atomic mass is 79.9. The summed E-state index contributed by atoms with van der Waals surface area (Å²) in [6.07, 6.45) is 3.13. The molecular weight excluding hydrogens is 346 g/mol. The number of hydrogen-bond acceptors (Lipinski definition) is 3. The first-order valence-electron chi connectivity index (χ1n) is 6.69. The number of halogens is 2. The molecule has 1 aromatic rings. The maximum absolute atomic E-state index is 10.7. The van der Waals surface area contributed by atoms with Crippen molar-refractivity contribution < 1.29 is 9.66 Å². The van der Waals surface area contributed by atoms with Gasteiger partial charge in [-0.05, 0) is 25.3 Å². The van der Waals surface area contributed by atoms with E-state index < -0.39 is 4.92 Å². The van der Waals surface area contributed by atoms with E-state index in [4.69, 9.17) is 16.3 Å². The first-order valence-corrected chi connectivity index (χ1v) is 7.98. The Morgan fingerprint density at radius 2 is 2.15 bits per heavy atom. The van der Waals surface area contributed by atoms with Gasteiger partial charge in [0.15, 0.2) is 0 Å². The van der Waals surface area contributed by atoms with Gasteiger partial charge in [0.25, 0.3) is 5.69 Å². The third kappa shape index (κ3) is 2.53. The lowest BCUT2D eigenvalue weighted by Gasteiger charge is -2.52. The van der Waals surface area contributed by atoms with Gasteiger partial charge in [-0.3, -0.25) is 10.1 Å². The maximum atomic E-state index is 10.7. The van der Waals surface area contributed by atoms with Crippen molar-refractivity contribution in [3.8, 4) is 5.75 Å². The summed E-state index contributed by atoms with van der Waals surface area (Å²) in [5, 5.41) is 10.8. The number of hydrogen-bond donors (Lipinski definition) is 0. The van der Waals surface area contributed by atoms with Crippen molar-refractivity contribution >= 4 is 33.2 Å². The van der Waals surface area contributed by atoms with E-state index in [0.29, 0.717) is 10.6 Å². The molecule has 4 nitrogen and oxygen atoms in total. The van der Waals surface area contributed by atoms with Crippen molar-refractivity contribution in [3.63, 3.8) is 0 Å². The van der Waals surface area contributed by atoms with Crippen LogP contribution in [0.5, 0.6) is 5.75 Å². The third-order valence-corrected chi connectivity index (χ3v) is 5.99. The summed E-state index contributed by atoms with van der Waals surface area (Å²) in [7, 11) is 0. The third-order valence-electron chi connectivity index (χ3n) is 4.40. The van der Waals surface area contributed by atoms with Crippen LogP contribution in [0.2, 0.25) is 5.02 Å². The van der Waals surface area contributed by atoms with Crippen LogP contribution in [0.3, 0.4) is 0 Å². The van der Waals surface area contributed by atoms with Crippen LogP contribution in [0.15, 0.2) is 18.2 Å². The molecule has 2 unspecified atom stereocenters. The zero-order valence-corrected chi connectivity index (χ0v) is 13.8. The summed E-state index contributed by atoms with van der Waals surface area (Å²) in [6.45, 7) is 4.33. The molecule has 2 rings (SSSR count).